The monoisotopic (exact) mass is 467 g/mol. The van der Waals surface area contributed by atoms with Gasteiger partial charge in [0.05, 0.1) is 24.1 Å². The zero-order chi connectivity index (χ0) is 16.0. The molecule has 2 unspecified atom stereocenters. The lowest BCUT2D eigenvalue weighted by Gasteiger charge is -2.17. The lowest BCUT2D eigenvalue weighted by atomic mass is 10.1. The highest BCUT2D eigenvalue weighted by molar-refractivity contribution is 14.0. The number of nitrogens with one attached hydrogen (secondary N) is 2. The zero-order valence-corrected chi connectivity index (χ0v) is 17.0. The molecule has 0 aliphatic carbocycles. The van der Waals surface area contributed by atoms with Crippen molar-refractivity contribution >= 4 is 51.1 Å². The minimum atomic E-state index is -2.86. The Kier molecular flexibility index (Phi) is 8.36. The molecule has 8 heteroatoms. The molecule has 2 rings (SSSR count). The molecule has 23 heavy (non-hydrogen) atoms. The molecule has 1 aliphatic rings. The van der Waals surface area contributed by atoms with Gasteiger partial charge in [-0.3, -0.25) is 4.99 Å². The fourth-order valence-electron chi connectivity index (χ4n) is 2.34. The molecule has 0 aromatic carbocycles. The highest BCUT2D eigenvalue weighted by atomic mass is 127. The van der Waals surface area contributed by atoms with Gasteiger partial charge >= 0.3 is 0 Å². The van der Waals surface area contributed by atoms with Gasteiger partial charge in [-0.1, -0.05) is 12.0 Å². The van der Waals surface area contributed by atoms with Gasteiger partial charge in [-0.2, -0.15) is 0 Å². The number of guanidine groups is 1. The third-order valence-electron chi connectivity index (χ3n) is 3.52. The van der Waals surface area contributed by atoms with Crippen LogP contribution in [0.4, 0.5) is 0 Å². The van der Waals surface area contributed by atoms with Gasteiger partial charge in [0, 0.05) is 11.4 Å². The summed E-state index contributed by atoms with van der Waals surface area (Å²) in [6.07, 6.45) is 5.97. The van der Waals surface area contributed by atoms with E-state index in [1.54, 1.807) is 11.3 Å². The fourth-order valence-corrected chi connectivity index (χ4v) is 4.92. The molecule has 1 aliphatic heterocycles. The number of thiophene rings is 1. The minimum absolute atomic E-state index is 0. The smallest absolute Gasteiger partial charge is 0.192 e. The summed E-state index contributed by atoms with van der Waals surface area (Å²) in [6, 6.07) is 4.19. The molecule has 2 heterocycles. The summed E-state index contributed by atoms with van der Waals surface area (Å²) >= 11 is 1.68. The Bertz CT molecular complexity index is 651. The van der Waals surface area contributed by atoms with Crippen molar-refractivity contribution in [2.24, 2.45) is 10.9 Å². The average Bonchev–Trinajstić information content (AvgIpc) is 3.11. The summed E-state index contributed by atoms with van der Waals surface area (Å²) in [5.41, 5.74) is 0. The van der Waals surface area contributed by atoms with E-state index < -0.39 is 9.84 Å². The minimum Gasteiger partial charge on any atom is -0.349 e. The van der Waals surface area contributed by atoms with Crippen LogP contribution >= 0.6 is 35.3 Å². The predicted molar refractivity (Wildman–Crippen MR) is 107 cm³/mol. The van der Waals surface area contributed by atoms with Gasteiger partial charge in [-0.15, -0.1) is 41.7 Å². The van der Waals surface area contributed by atoms with Gasteiger partial charge in [-0.05, 0) is 30.7 Å². The number of nitrogens with zero attached hydrogens (tertiary/aromatic N) is 1. The summed E-state index contributed by atoms with van der Waals surface area (Å²) in [5.74, 6) is 3.77. The maximum absolute atomic E-state index is 11.5. The Morgan fingerprint density at radius 2 is 2.39 bits per heavy atom. The normalized spacial score (nSPS) is 21.0. The first kappa shape index (κ1) is 20.3. The van der Waals surface area contributed by atoms with Crippen LogP contribution in [0.1, 0.15) is 24.3 Å². The van der Waals surface area contributed by atoms with E-state index in [1.807, 2.05) is 11.4 Å². The Labute approximate surface area is 159 Å². The molecule has 0 bridgehead atoms. The first-order chi connectivity index (χ1) is 10.5. The van der Waals surface area contributed by atoms with Gasteiger partial charge in [-0.25, -0.2) is 8.42 Å². The van der Waals surface area contributed by atoms with Crippen molar-refractivity contribution in [3.05, 3.63) is 22.4 Å². The van der Waals surface area contributed by atoms with Crippen molar-refractivity contribution < 1.29 is 8.42 Å². The number of halogens is 1. The quantitative estimate of drug-likeness (QED) is 0.301. The van der Waals surface area contributed by atoms with E-state index in [1.165, 1.54) is 4.88 Å². The topological polar surface area (TPSA) is 70.6 Å². The molecule has 1 aromatic heterocycles. The van der Waals surface area contributed by atoms with Crippen molar-refractivity contribution in [2.75, 3.05) is 24.6 Å². The van der Waals surface area contributed by atoms with Crippen LogP contribution < -0.4 is 10.6 Å². The maximum Gasteiger partial charge on any atom is 0.192 e. The Balaban J connectivity index is 0.00000264. The van der Waals surface area contributed by atoms with E-state index in [9.17, 15) is 8.42 Å². The number of terminal acetylenes is 1. The van der Waals surface area contributed by atoms with Gasteiger partial charge in [0.1, 0.15) is 0 Å². The number of rotatable bonds is 5. The second-order valence-electron chi connectivity index (χ2n) is 5.40. The third-order valence-corrected chi connectivity index (χ3v) is 6.41. The van der Waals surface area contributed by atoms with Crippen LogP contribution in [0.15, 0.2) is 22.5 Å². The van der Waals surface area contributed by atoms with E-state index in [0.717, 1.165) is 0 Å². The molecule has 1 aromatic rings. The molecule has 5 nitrogen and oxygen atoms in total. The average molecular weight is 467 g/mol. The maximum atomic E-state index is 11.5. The second-order valence-corrected chi connectivity index (χ2v) is 8.61. The van der Waals surface area contributed by atoms with Gasteiger partial charge in [0.25, 0.3) is 0 Å². The first-order valence-electron chi connectivity index (χ1n) is 7.22. The molecular weight excluding hydrogens is 445 g/mol. The van der Waals surface area contributed by atoms with Crippen LogP contribution in [0.2, 0.25) is 0 Å². The number of sulfone groups is 1. The molecular formula is C15H22IN3O2S2. The van der Waals surface area contributed by atoms with Crippen LogP contribution in [0.5, 0.6) is 0 Å². The summed E-state index contributed by atoms with van der Waals surface area (Å²) in [6.45, 7) is 2.93. The Morgan fingerprint density at radius 3 is 2.96 bits per heavy atom. The van der Waals surface area contributed by atoms with Crippen LogP contribution in [0, 0.1) is 18.3 Å². The van der Waals surface area contributed by atoms with Crippen molar-refractivity contribution in [1.82, 2.24) is 10.6 Å². The number of hydrogen-bond acceptors (Lipinski definition) is 4. The molecule has 0 amide bonds. The molecule has 1 saturated heterocycles. The molecule has 2 atom stereocenters. The zero-order valence-electron chi connectivity index (χ0n) is 13.0. The van der Waals surface area contributed by atoms with Crippen LogP contribution in [0.25, 0.3) is 0 Å². The largest absolute Gasteiger partial charge is 0.349 e. The lowest BCUT2D eigenvalue weighted by molar-refractivity contribution is 0.588. The fraction of sp³-hybridized carbons (Fsp3) is 0.533. The molecule has 1 fully saturated rings. The van der Waals surface area contributed by atoms with Crippen molar-refractivity contribution in [1.29, 1.82) is 0 Å². The van der Waals surface area contributed by atoms with Gasteiger partial charge in [0.15, 0.2) is 15.8 Å². The summed E-state index contributed by atoms with van der Waals surface area (Å²) in [5, 5.41) is 8.40. The van der Waals surface area contributed by atoms with E-state index in [-0.39, 0.29) is 47.4 Å². The lowest BCUT2D eigenvalue weighted by Crippen LogP contribution is -2.39. The summed E-state index contributed by atoms with van der Waals surface area (Å²) in [4.78, 5) is 5.70. The van der Waals surface area contributed by atoms with E-state index in [2.05, 4.69) is 34.5 Å². The SMILES string of the molecule is C#CCNC(=NCC1CCS(=O)(=O)C1)NC(C)c1cccs1.I. The molecule has 0 radical (unpaired) electrons. The first-order valence-corrected chi connectivity index (χ1v) is 9.92. The molecule has 0 spiro atoms. The van der Waals surface area contributed by atoms with Crippen molar-refractivity contribution in [3.63, 3.8) is 0 Å². The van der Waals surface area contributed by atoms with E-state index in [0.29, 0.717) is 25.5 Å². The standard InChI is InChI=1S/C15H21N3O2S2.HI/c1-3-7-16-15(18-12(2)14-5-4-8-21-14)17-10-13-6-9-22(19,20)11-13;/h1,4-5,8,12-13H,6-7,9-11H2,2H3,(H2,16,17,18);1H. The van der Waals surface area contributed by atoms with E-state index in [4.69, 9.17) is 6.42 Å². The number of aliphatic imine (C=N–C) groups is 1. The second kappa shape index (κ2) is 9.49. The molecule has 0 saturated carbocycles. The highest BCUT2D eigenvalue weighted by Gasteiger charge is 2.27. The summed E-state index contributed by atoms with van der Waals surface area (Å²) in [7, 11) is -2.86. The third kappa shape index (κ3) is 6.69. The van der Waals surface area contributed by atoms with Gasteiger partial charge in [0.2, 0.25) is 0 Å². The molecule has 2 N–H and O–H groups in total. The van der Waals surface area contributed by atoms with Gasteiger partial charge < -0.3 is 10.6 Å². The Hall–Kier alpha value is -0.790. The van der Waals surface area contributed by atoms with Crippen LogP contribution in [-0.2, 0) is 9.84 Å². The predicted octanol–water partition coefficient (Wildman–Crippen LogP) is 2.03. The van der Waals surface area contributed by atoms with Crippen molar-refractivity contribution in [2.45, 2.75) is 19.4 Å². The highest BCUT2D eigenvalue weighted by Crippen LogP contribution is 2.19. The van der Waals surface area contributed by atoms with E-state index >= 15 is 0 Å². The molecule has 128 valence electrons. The Morgan fingerprint density at radius 1 is 1.61 bits per heavy atom. The van der Waals surface area contributed by atoms with Crippen molar-refractivity contribution in [3.8, 4) is 12.3 Å². The summed E-state index contributed by atoms with van der Waals surface area (Å²) < 4.78 is 23.0. The van der Waals surface area contributed by atoms with Crippen LogP contribution in [-0.4, -0.2) is 39.0 Å². The number of hydrogen-bond donors (Lipinski definition) is 2. The van der Waals surface area contributed by atoms with Crippen LogP contribution in [0.3, 0.4) is 0 Å².